The van der Waals surface area contributed by atoms with Gasteiger partial charge in [-0.15, -0.1) is 0 Å². The smallest absolute Gasteiger partial charge is 0.267 e. The van der Waals surface area contributed by atoms with Crippen molar-refractivity contribution in [1.82, 2.24) is 4.90 Å². The minimum atomic E-state index is 0.0477. The van der Waals surface area contributed by atoms with Crippen molar-refractivity contribution >= 4 is 45.4 Å². The molecule has 3 aromatic carbocycles. The summed E-state index contributed by atoms with van der Waals surface area (Å²) >= 11 is 1.47. The number of hydrogen-bond donors (Lipinski definition) is 0. The highest BCUT2D eigenvalue weighted by atomic mass is 32.2. The molecule has 1 heterocycles. The van der Waals surface area contributed by atoms with E-state index in [1.807, 2.05) is 59.5 Å². The monoisotopic (exact) mass is 442 g/mol. The molecule has 0 bridgehead atoms. The number of amides is 1. The number of carbonyl (C=O) groups is 1. The van der Waals surface area contributed by atoms with Crippen molar-refractivity contribution in [3.05, 3.63) is 77.2 Å². The summed E-state index contributed by atoms with van der Waals surface area (Å²) in [5.41, 5.74) is 1.80. The molecule has 5 heteroatoms. The number of carbonyl (C=O) groups excluding carboxylic acids is 1. The lowest BCUT2D eigenvalue weighted by atomic mass is 9.94. The molecule has 3 aromatic rings. The summed E-state index contributed by atoms with van der Waals surface area (Å²) in [7, 11) is 1.67. The highest BCUT2D eigenvalue weighted by Gasteiger charge is 2.38. The number of para-hydroxylation sites is 1. The molecule has 1 saturated carbocycles. The van der Waals surface area contributed by atoms with Crippen LogP contribution < -0.4 is 4.74 Å². The molecule has 1 aliphatic heterocycles. The third-order valence-electron chi connectivity index (χ3n) is 6.18. The number of amidine groups is 1. The Kier molecular flexibility index (Phi) is 5.99. The summed E-state index contributed by atoms with van der Waals surface area (Å²) in [5, 5.41) is 2.97. The summed E-state index contributed by atoms with van der Waals surface area (Å²) in [5.74, 6) is 0.814. The minimum absolute atomic E-state index is 0.0477. The van der Waals surface area contributed by atoms with E-state index in [0.29, 0.717) is 4.91 Å². The predicted octanol–water partition coefficient (Wildman–Crippen LogP) is 6.79. The first-order valence-corrected chi connectivity index (χ1v) is 12.0. The van der Waals surface area contributed by atoms with E-state index in [9.17, 15) is 4.79 Å². The standard InChI is InChI=1S/C27H26N2O2S/c1-31-24-17-16-19-10-8-9-15-22(19)23(24)18-25-26(30)29(21-13-6-3-7-14-21)27(32-25)28-20-11-4-2-5-12-20/h2,4-5,8-12,15-18,21H,3,6-7,13-14H2,1H3/b25-18-,28-27?. The van der Waals surface area contributed by atoms with Crippen molar-refractivity contribution < 1.29 is 9.53 Å². The second-order valence-corrected chi connectivity index (χ2v) is 9.22. The third-order valence-corrected chi connectivity index (χ3v) is 7.17. The molecular formula is C27H26N2O2S. The Morgan fingerprint density at radius 2 is 1.72 bits per heavy atom. The van der Waals surface area contributed by atoms with Gasteiger partial charge in [-0.2, -0.15) is 0 Å². The van der Waals surface area contributed by atoms with Crippen LogP contribution in [0.4, 0.5) is 5.69 Å². The van der Waals surface area contributed by atoms with Gasteiger partial charge < -0.3 is 4.74 Å². The maximum atomic E-state index is 13.7. The van der Waals surface area contributed by atoms with Gasteiger partial charge in [0.25, 0.3) is 5.91 Å². The first-order chi connectivity index (χ1) is 15.7. The largest absolute Gasteiger partial charge is 0.496 e. The molecule has 1 aliphatic carbocycles. The molecule has 2 fully saturated rings. The molecule has 32 heavy (non-hydrogen) atoms. The Bertz CT molecular complexity index is 1200. The zero-order valence-electron chi connectivity index (χ0n) is 18.2. The van der Waals surface area contributed by atoms with E-state index < -0.39 is 0 Å². The van der Waals surface area contributed by atoms with Gasteiger partial charge in [0.05, 0.1) is 17.7 Å². The van der Waals surface area contributed by atoms with Gasteiger partial charge >= 0.3 is 0 Å². The van der Waals surface area contributed by atoms with E-state index >= 15 is 0 Å². The number of benzene rings is 3. The van der Waals surface area contributed by atoms with Crippen LogP contribution in [0.3, 0.4) is 0 Å². The summed E-state index contributed by atoms with van der Waals surface area (Å²) in [6, 6.07) is 22.3. The van der Waals surface area contributed by atoms with E-state index in [1.165, 1.54) is 18.2 Å². The van der Waals surface area contributed by atoms with E-state index in [4.69, 9.17) is 9.73 Å². The van der Waals surface area contributed by atoms with Gasteiger partial charge in [0.1, 0.15) is 5.75 Å². The molecule has 2 aliphatic rings. The molecule has 1 amide bonds. The van der Waals surface area contributed by atoms with Gasteiger partial charge in [0, 0.05) is 11.6 Å². The van der Waals surface area contributed by atoms with Gasteiger partial charge in [0.2, 0.25) is 0 Å². The number of thioether (sulfide) groups is 1. The van der Waals surface area contributed by atoms with Crippen molar-refractivity contribution in [1.29, 1.82) is 0 Å². The number of aliphatic imine (C=N–C) groups is 1. The summed E-state index contributed by atoms with van der Waals surface area (Å²) in [4.78, 5) is 21.2. The van der Waals surface area contributed by atoms with Crippen LogP contribution in [0.15, 0.2) is 76.6 Å². The van der Waals surface area contributed by atoms with E-state index in [2.05, 4.69) is 18.2 Å². The lowest BCUT2D eigenvalue weighted by Crippen LogP contribution is -2.40. The highest BCUT2D eigenvalue weighted by Crippen LogP contribution is 2.40. The van der Waals surface area contributed by atoms with Gasteiger partial charge in [-0.05, 0) is 59.7 Å². The minimum Gasteiger partial charge on any atom is -0.496 e. The van der Waals surface area contributed by atoms with Gasteiger partial charge in [-0.1, -0.05) is 67.8 Å². The van der Waals surface area contributed by atoms with Crippen LogP contribution in [0.1, 0.15) is 37.7 Å². The zero-order valence-corrected chi connectivity index (χ0v) is 19.0. The lowest BCUT2D eigenvalue weighted by molar-refractivity contribution is -0.124. The van der Waals surface area contributed by atoms with Gasteiger partial charge in [0.15, 0.2) is 5.17 Å². The molecule has 162 valence electrons. The molecule has 0 atom stereocenters. The fourth-order valence-corrected chi connectivity index (χ4v) is 5.61. The average Bonchev–Trinajstić information content (AvgIpc) is 3.14. The normalized spacial score (nSPS) is 19.9. The maximum Gasteiger partial charge on any atom is 0.267 e. The van der Waals surface area contributed by atoms with Crippen LogP contribution in [0.5, 0.6) is 5.75 Å². The van der Waals surface area contributed by atoms with Crippen molar-refractivity contribution in [3.63, 3.8) is 0 Å². The Labute approximate surface area is 193 Å². The molecule has 5 rings (SSSR count). The van der Waals surface area contributed by atoms with Crippen molar-refractivity contribution in [2.75, 3.05) is 7.11 Å². The van der Waals surface area contributed by atoms with Crippen molar-refractivity contribution in [2.24, 2.45) is 4.99 Å². The Balaban J connectivity index is 1.60. The van der Waals surface area contributed by atoms with Gasteiger partial charge in [-0.25, -0.2) is 4.99 Å². The van der Waals surface area contributed by atoms with Crippen LogP contribution in [0, 0.1) is 0 Å². The molecular weight excluding hydrogens is 416 g/mol. The van der Waals surface area contributed by atoms with E-state index in [-0.39, 0.29) is 11.9 Å². The lowest BCUT2D eigenvalue weighted by Gasteiger charge is -2.30. The second kappa shape index (κ2) is 9.21. The molecule has 1 saturated heterocycles. The SMILES string of the molecule is COc1ccc2ccccc2c1/C=C1\SC(=Nc2ccccc2)N(C2CCCCC2)C1=O. The quantitative estimate of drug-likeness (QED) is 0.418. The number of ether oxygens (including phenoxy) is 1. The molecule has 0 unspecified atom stereocenters. The molecule has 0 spiro atoms. The second-order valence-electron chi connectivity index (χ2n) is 8.21. The van der Waals surface area contributed by atoms with E-state index in [0.717, 1.165) is 58.6 Å². The molecule has 4 nitrogen and oxygen atoms in total. The van der Waals surface area contributed by atoms with Crippen LogP contribution in [-0.4, -0.2) is 29.1 Å². The summed E-state index contributed by atoms with van der Waals surface area (Å²) in [6.45, 7) is 0. The molecule has 0 radical (unpaired) electrons. The summed E-state index contributed by atoms with van der Waals surface area (Å²) in [6.07, 6.45) is 7.61. The number of nitrogens with zero attached hydrogens (tertiary/aromatic N) is 2. The zero-order chi connectivity index (χ0) is 21.9. The van der Waals surface area contributed by atoms with Crippen LogP contribution >= 0.6 is 11.8 Å². The number of hydrogen-bond acceptors (Lipinski definition) is 4. The number of methoxy groups -OCH3 is 1. The third kappa shape index (κ3) is 4.05. The number of rotatable bonds is 4. The van der Waals surface area contributed by atoms with Crippen LogP contribution in [0.2, 0.25) is 0 Å². The fourth-order valence-electron chi connectivity index (χ4n) is 4.57. The first kappa shape index (κ1) is 20.8. The fraction of sp³-hybridized carbons (Fsp3) is 0.259. The molecule has 0 aromatic heterocycles. The number of fused-ring (bicyclic) bond motifs is 1. The van der Waals surface area contributed by atoms with Crippen molar-refractivity contribution in [3.8, 4) is 5.75 Å². The first-order valence-electron chi connectivity index (χ1n) is 11.2. The Morgan fingerprint density at radius 3 is 2.50 bits per heavy atom. The Hall–Kier alpha value is -3.05. The van der Waals surface area contributed by atoms with Crippen LogP contribution in [0.25, 0.3) is 16.8 Å². The Morgan fingerprint density at radius 1 is 0.969 bits per heavy atom. The van der Waals surface area contributed by atoms with Crippen LogP contribution in [-0.2, 0) is 4.79 Å². The predicted molar refractivity (Wildman–Crippen MR) is 133 cm³/mol. The van der Waals surface area contributed by atoms with E-state index in [1.54, 1.807) is 7.11 Å². The maximum absolute atomic E-state index is 13.7. The van der Waals surface area contributed by atoms with Crippen molar-refractivity contribution in [2.45, 2.75) is 38.1 Å². The molecule has 0 N–H and O–H groups in total. The topological polar surface area (TPSA) is 41.9 Å². The summed E-state index contributed by atoms with van der Waals surface area (Å²) < 4.78 is 5.66. The average molecular weight is 443 g/mol. The highest BCUT2D eigenvalue weighted by molar-refractivity contribution is 8.18. The van der Waals surface area contributed by atoms with Gasteiger partial charge in [-0.3, -0.25) is 9.69 Å².